The summed E-state index contributed by atoms with van der Waals surface area (Å²) in [6.45, 7) is 1.86. The normalized spacial score (nSPS) is 19.1. The Hall–Kier alpha value is -1.32. The summed E-state index contributed by atoms with van der Waals surface area (Å²) >= 11 is 1.73. The van der Waals surface area contributed by atoms with Crippen molar-refractivity contribution in [3.8, 4) is 0 Å². The highest BCUT2D eigenvalue weighted by Gasteiger charge is 2.22. The summed E-state index contributed by atoms with van der Waals surface area (Å²) < 4.78 is 0. The van der Waals surface area contributed by atoms with E-state index < -0.39 is 0 Å². The average molecular weight is 245 g/mol. The van der Waals surface area contributed by atoms with Crippen LogP contribution in [-0.4, -0.2) is 11.7 Å². The van der Waals surface area contributed by atoms with Crippen molar-refractivity contribution in [2.75, 3.05) is 11.4 Å². The molecule has 2 nitrogen and oxygen atoms in total. The third kappa shape index (κ3) is 2.08. The molecule has 0 spiro atoms. The Morgan fingerprint density at radius 1 is 1.29 bits per heavy atom. The largest absolute Gasteiger partial charge is 0.388 e. The van der Waals surface area contributed by atoms with Crippen LogP contribution in [0.25, 0.3) is 0 Å². The second kappa shape index (κ2) is 4.51. The van der Waals surface area contributed by atoms with Crippen molar-refractivity contribution in [2.24, 2.45) is 0 Å². The number of fused-ring (bicyclic) bond motifs is 1. The third-order valence-electron chi connectivity index (χ3n) is 3.26. The molecule has 88 valence electrons. The van der Waals surface area contributed by atoms with Crippen LogP contribution in [0.2, 0.25) is 0 Å². The molecule has 1 aliphatic rings. The number of aliphatic hydroxyl groups excluding tert-OH is 1. The molecule has 1 unspecified atom stereocenters. The zero-order valence-electron chi connectivity index (χ0n) is 9.54. The first-order valence-corrected chi connectivity index (χ1v) is 6.82. The minimum absolute atomic E-state index is 0.301. The van der Waals surface area contributed by atoms with Crippen LogP contribution in [0.5, 0.6) is 0 Å². The van der Waals surface area contributed by atoms with Crippen LogP contribution >= 0.6 is 11.3 Å². The van der Waals surface area contributed by atoms with Gasteiger partial charge in [-0.1, -0.05) is 18.2 Å². The maximum absolute atomic E-state index is 9.98. The van der Waals surface area contributed by atoms with E-state index in [-0.39, 0.29) is 6.10 Å². The number of aliphatic hydroxyl groups is 1. The highest BCUT2D eigenvalue weighted by Crippen LogP contribution is 2.34. The lowest BCUT2D eigenvalue weighted by atomic mass is 9.98. The molecule has 1 aromatic carbocycles. The molecule has 1 aromatic heterocycles. The third-order valence-corrected chi connectivity index (χ3v) is 3.99. The second-order valence-electron chi connectivity index (χ2n) is 4.42. The molecule has 0 fully saturated rings. The SMILES string of the molecule is OC1CCN(Cc2ccsc2)c2ccccc21. The molecule has 1 N–H and O–H groups in total. The summed E-state index contributed by atoms with van der Waals surface area (Å²) in [4.78, 5) is 2.35. The Morgan fingerprint density at radius 2 is 2.18 bits per heavy atom. The first-order valence-electron chi connectivity index (χ1n) is 5.87. The van der Waals surface area contributed by atoms with E-state index in [4.69, 9.17) is 0 Å². The standard InChI is InChI=1S/C14H15NOS/c16-14-5-7-15(9-11-6-8-17-10-11)13-4-2-1-3-12(13)14/h1-4,6,8,10,14,16H,5,7,9H2. The molecule has 0 saturated heterocycles. The summed E-state index contributed by atoms with van der Waals surface area (Å²) in [6, 6.07) is 10.3. The van der Waals surface area contributed by atoms with Gasteiger partial charge in [-0.3, -0.25) is 0 Å². The van der Waals surface area contributed by atoms with Gasteiger partial charge in [0, 0.05) is 24.3 Å². The van der Waals surface area contributed by atoms with E-state index in [9.17, 15) is 5.11 Å². The van der Waals surface area contributed by atoms with Gasteiger partial charge in [0.15, 0.2) is 0 Å². The van der Waals surface area contributed by atoms with Gasteiger partial charge in [-0.2, -0.15) is 11.3 Å². The monoisotopic (exact) mass is 245 g/mol. The van der Waals surface area contributed by atoms with E-state index in [0.717, 1.165) is 25.1 Å². The van der Waals surface area contributed by atoms with Gasteiger partial charge < -0.3 is 10.0 Å². The molecule has 1 aliphatic heterocycles. The summed E-state index contributed by atoms with van der Waals surface area (Å²) in [7, 11) is 0. The number of hydrogen-bond donors (Lipinski definition) is 1. The molecule has 3 rings (SSSR count). The molecule has 17 heavy (non-hydrogen) atoms. The van der Waals surface area contributed by atoms with Crippen LogP contribution in [0.4, 0.5) is 5.69 Å². The van der Waals surface area contributed by atoms with E-state index in [1.54, 1.807) is 11.3 Å². The van der Waals surface area contributed by atoms with E-state index >= 15 is 0 Å². The van der Waals surface area contributed by atoms with E-state index in [1.165, 1.54) is 11.3 Å². The summed E-state index contributed by atoms with van der Waals surface area (Å²) in [5.74, 6) is 0. The van der Waals surface area contributed by atoms with E-state index in [1.807, 2.05) is 18.2 Å². The lowest BCUT2D eigenvalue weighted by molar-refractivity contribution is 0.164. The fraction of sp³-hybridized carbons (Fsp3) is 0.286. The number of anilines is 1. The van der Waals surface area contributed by atoms with Crippen LogP contribution in [0.3, 0.4) is 0 Å². The summed E-state index contributed by atoms with van der Waals surface area (Å²) in [5.41, 5.74) is 3.59. The molecule has 0 amide bonds. The van der Waals surface area contributed by atoms with Crippen LogP contribution in [0.15, 0.2) is 41.1 Å². The van der Waals surface area contributed by atoms with Crippen molar-refractivity contribution in [3.63, 3.8) is 0 Å². The Kier molecular flexibility index (Phi) is 2.87. The highest BCUT2D eigenvalue weighted by molar-refractivity contribution is 7.07. The first kappa shape index (κ1) is 10.8. The predicted molar refractivity (Wildman–Crippen MR) is 71.4 cm³/mol. The lowest BCUT2D eigenvalue weighted by Gasteiger charge is -2.33. The Morgan fingerprint density at radius 3 is 3.00 bits per heavy atom. The summed E-state index contributed by atoms with van der Waals surface area (Å²) in [6.07, 6.45) is 0.520. The maximum Gasteiger partial charge on any atom is 0.0826 e. The van der Waals surface area contributed by atoms with Crippen molar-refractivity contribution >= 4 is 17.0 Å². The smallest absolute Gasteiger partial charge is 0.0826 e. The quantitative estimate of drug-likeness (QED) is 0.878. The molecule has 0 saturated carbocycles. The molecule has 0 bridgehead atoms. The van der Waals surface area contributed by atoms with Crippen LogP contribution < -0.4 is 4.90 Å². The molecule has 0 radical (unpaired) electrons. The predicted octanol–water partition coefficient (Wildman–Crippen LogP) is 3.19. The minimum Gasteiger partial charge on any atom is -0.388 e. The summed E-state index contributed by atoms with van der Waals surface area (Å²) in [5, 5.41) is 14.3. The van der Waals surface area contributed by atoms with E-state index in [2.05, 4.69) is 27.8 Å². The minimum atomic E-state index is -0.301. The van der Waals surface area contributed by atoms with Gasteiger partial charge in [-0.15, -0.1) is 0 Å². The number of thiophene rings is 1. The molecule has 1 atom stereocenters. The first-order chi connectivity index (χ1) is 8.34. The second-order valence-corrected chi connectivity index (χ2v) is 5.20. The zero-order chi connectivity index (χ0) is 11.7. The number of benzene rings is 1. The van der Waals surface area contributed by atoms with Crippen molar-refractivity contribution in [2.45, 2.75) is 19.1 Å². The molecule has 3 heteroatoms. The fourth-order valence-corrected chi connectivity index (χ4v) is 3.04. The molecular formula is C14H15NOS. The lowest BCUT2D eigenvalue weighted by Crippen LogP contribution is -2.30. The molecular weight excluding hydrogens is 230 g/mol. The van der Waals surface area contributed by atoms with Gasteiger partial charge in [0.05, 0.1) is 6.10 Å². The zero-order valence-corrected chi connectivity index (χ0v) is 10.4. The number of hydrogen-bond acceptors (Lipinski definition) is 3. The topological polar surface area (TPSA) is 23.5 Å². The fourth-order valence-electron chi connectivity index (χ4n) is 2.38. The van der Waals surface area contributed by atoms with Gasteiger partial charge in [-0.05, 0) is 34.9 Å². The molecule has 0 aliphatic carbocycles. The van der Waals surface area contributed by atoms with Crippen LogP contribution in [-0.2, 0) is 6.54 Å². The Balaban J connectivity index is 1.90. The maximum atomic E-state index is 9.98. The van der Waals surface area contributed by atoms with Crippen molar-refractivity contribution in [3.05, 3.63) is 52.2 Å². The molecule has 2 heterocycles. The van der Waals surface area contributed by atoms with Gasteiger partial charge in [0.25, 0.3) is 0 Å². The van der Waals surface area contributed by atoms with Crippen molar-refractivity contribution < 1.29 is 5.11 Å². The van der Waals surface area contributed by atoms with Crippen LogP contribution in [0, 0.1) is 0 Å². The number of nitrogens with zero attached hydrogens (tertiary/aromatic N) is 1. The Labute approximate surface area is 105 Å². The van der Waals surface area contributed by atoms with Crippen molar-refractivity contribution in [1.82, 2.24) is 0 Å². The van der Waals surface area contributed by atoms with E-state index in [0.29, 0.717) is 0 Å². The van der Waals surface area contributed by atoms with Crippen molar-refractivity contribution in [1.29, 1.82) is 0 Å². The highest BCUT2D eigenvalue weighted by atomic mass is 32.1. The van der Waals surface area contributed by atoms with Gasteiger partial charge in [0.1, 0.15) is 0 Å². The van der Waals surface area contributed by atoms with Gasteiger partial charge in [0.2, 0.25) is 0 Å². The molecule has 2 aromatic rings. The van der Waals surface area contributed by atoms with Crippen LogP contribution in [0.1, 0.15) is 23.7 Å². The van der Waals surface area contributed by atoms with Gasteiger partial charge >= 0.3 is 0 Å². The Bertz CT molecular complexity index is 495. The van der Waals surface area contributed by atoms with Gasteiger partial charge in [-0.25, -0.2) is 0 Å². The average Bonchev–Trinajstić information content (AvgIpc) is 2.86. The number of para-hydroxylation sites is 1. The number of rotatable bonds is 2.